The minimum atomic E-state index is -0.690. The summed E-state index contributed by atoms with van der Waals surface area (Å²) in [4.78, 5) is 6.76. The average molecular weight is 143 g/mol. The maximum atomic E-state index is 12.3. The fraction of sp³-hybridized carbons (Fsp3) is 0.200. The Balaban J connectivity index is 3.06. The van der Waals surface area contributed by atoms with Gasteiger partial charge >= 0.3 is 0 Å². The highest BCUT2D eigenvalue weighted by Gasteiger charge is 1.99. The second-order valence-corrected chi connectivity index (χ2v) is 1.59. The molecule has 0 fully saturated rings. The van der Waals surface area contributed by atoms with Crippen LogP contribution in [0.15, 0.2) is 6.07 Å². The van der Waals surface area contributed by atoms with Crippen molar-refractivity contribution in [2.45, 2.75) is 0 Å². The summed E-state index contributed by atoms with van der Waals surface area (Å²) < 4.78 is 16.9. The van der Waals surface area contributed by atoms with Gasteiger partial charge in [0, 0.05) is 0 Å². The summed E-state index contributed by atoms with van der Waals surface area (Å²) in [5.74, 6) is -0.689. The fourth-order valence-electron chi connectivity index (χ4n) is 0.518. The molecule has 4 nitrogen and oxygen atoms in total. The minimum absolute atomic E-state index is 0.128. The molecule has 1 rings (SSSR count). The summed E-state index contributed by atoms with van der Waals surface area (Å²) in [6.45, 7) is 0. The second kappa shape index (κ2) is 2.47. The van der Waals surface area contributed by atoms with Gasteiger partial charge in [0.2, 0.25) is 17.8 Å². The molecule has 2 N–H and O–H groups in total. The number of hydrogen-bond donors (Lipinski definition) is 1. The predicted octanol–water partition coefficient (Wildman–Crippen LogP) is 0.207. The molecule has 0 unspecified atom stereocenters. The van der Waals surface area contributed by atoms with Gasteiger partial charge in [-0.1, -0.05) is 0 Å². The van der Waals surface area contributed by atoms with E-state index in [0.29, 0.717) is 0 Å². The molecule has 5 heteroatoms. The van der Waals surface area contributed by atoms with E-state index >= 15 is 0 Å². The SMILES string of the molecule is COc1cc(F)nc(N)n1. The topological polar surface area (TPSA) is 61.0 Å². The summed E-state index contributed by atoms with van der Waals surface area (Å²) in [7, 11) is 1.38. The van der Waals surface area contributed by atoms with E-state index in [4.69, 9.17) is 5.73 Å². The Hall–Kier alpha value is -1.39. The number of hydrogen-bond acceptors (Lipinski definition) is 4. The largest absolute Gasteiger partial charge is 0.481 e. The van der Waals surface area contributed by atoms with Crippen LogP contribution >= 0.6 is 0 Å². The Morgan fingerprint density at radius 2 is 2.30 bits per heavy atom. The van der Waals surface area contributed by atoms with Gasteiger partial charge < -0.3 is 10.5 Å². The van der Waals surface area contributed by atoms with Crippen molar-refractivity contribution in [1.29, 1.82) is 0 Å². The van der Waals surface area contributed by atoms with E-state index < -0.39 is 5.95 Å². The third-order valence-electron chi connectivity index (χ3n) is 0.898. The number of rotatable bonds is 1. The number of nitrogens with two attached hydrogens (primary N) is 1. The van der Waals surface area contributed by atoms with E-state index in [9.17, 15) is 4.39 Å². The molecule has 1 heterocycles. The molecule has 0 aliphatic rings. The molecule has 1 aromatic heterocycles. The lowest BCUT2D eigenvalue weighted by atomic mass is 10.6. The summed E-state index contributed by atoms with van der Waals surface area (Å²) in [6.07, 6.45) is 0. The van der Waals surface area contributed by atoms with Gasteiger partial charge in [0.25, 0.3) is 0 Å². The van der Waals surface area contributed by atoms with Crippen molar-refractivity contribution in [3.8, 4) is 5.88 Å². The van der Waals surface area contributed by atoms with Gasteiger partial charge in [-0.05, 0) is 0 Å². The van der Waals surface area contributed by atoms with Gasteiger partial charge in [-0.15, -0.1) is 0 Å². The summed E-state index contributed by atoms with van der Waals surface area (Å²) in [5.41, 5.74) is 5.09. The smallest absolute Gasteiger partial charge is 0.226 e. The number of nitrogens with zero attached hydrogens (tertiary/aromatic N) is 2. The highest BCUT2D eigenvalue weighted by molar-refractivity contribution is 5.21. The standard InChI is InChI=1S/C5H6FN3O/c1-10-4-2-3(6)8-5(7)9-4/h2H,1H3,(H2,7,8,9). The van der Waals surface area contributed by atoms with Crippen molar-refractivity contribution in [2.75, 3.05) is 12.8 Å². The highest BCUT2D eigenvalue weighted by atomic mass is 19.1. The van der Waals surface area contributed by atoms with Crippen molar-refractivity contribution < 1.29 is 9.13 Å². The quantitative estimate of drug-likeness (QED) is 0.570. The Bertz CT molecular complexity index is 220. The highest BCUT2D eigenvalue weighted by Crippen LogP contribution is 2.07. The van der Waals surface area contributed by atoms with Crippen molar-refractivity contribution in [1.82, 2.24) is 9.97 Å². The average Bonchev–Trinajstić information content (AvgIpc) is 1.85. The van der Waals surface area contributed by atoms with Crippen LogP contribution < -0.4 is 10.5 Å². The molecule has 10 heavy (non-hydrogen) atoms. The van der Waals surface area contributed by atoms with Gasteiger partial charge in [0.15, 0.2) is 0 Å². The zero-order valence-electron chi connectivity index (χ0n) is 5.34. The van der Waals surface area contributed by atoms with Gasteiger partial charge in [-0.3, -0.25) is 0 Å². The Morgan fingerprint density at radius 1 is 1.60 bits per heavy atom. The Kier molecular flexibility index (Phi) is 1.66. The molecule has 0 amide bonds. The summed E-state index contributed by atoms with van der Waals surface area (Å²) in [5, 5.41) is 0. The lowest BCUT2D eigenvalue weighted by molar-refractivity contribution is 0.392. The first-order valence-corrected chi connectivity index (χ1v) is 2.56. The van der Waals surface area contributed by atoms with Crippen LogP contribution in [0.1, 0.15) is 0 Å². The zero-order valence-corrected chi connectivity index (χ0v) is 5.34. The van der Waals surface area contributed by atoms with Crippen LogP contribution in [0.4, 0.5) is 10.3 Å². The van der Waals surface area contributed by atoms with Crippen molar-refractivity contribution >= 4 is 5.95 Å². The lowest BCUT2D eigenvalue weighted by Gasteiger charge is -1.97. The monoisotopic (exact) mass is 143 g/mol. The van der Waals surface area contributed by atoms with E-state index in [1.807, 2.05) is 0 Å². The number of halogens is 1. The number of ether oxygens (including phenoxy) is 1. The first-order chi connectivity index (χ1) is 4.72. The van der Waals surface area contributed by atoms with Crippen LogP contribution in [0, 0.1) is 5.95 Å². The Labute approximate surface area is 56.9 Å². The third-order valence-corrected chi connectivity index (χ3v) is 0.898. The summed E-state index contributed by atoms with van der Waals surface area (Å²) >= 11 is 0. The van der Waals surface area contributed by atoms with Crippen molar-refractivity contribution in [2.24, 2.45) is 0 Å². The minimum Gasteiger partial charge on any atom is -0.481 e. The van der Waals surface area contributed by atoms with Crippen LogP contribution in [0.3, 0.4) is 0 Å². The van der Waals surface area contributed by atoms with E-state index in [2.05, 4.69) is 14.7 Å². The molecule has 0 radical (unpaired) electrons. The van der Waals surface area contributed by atoms with Crippen LogP contribution in [0.5, 0.6) is 5.88 Å². The van der Waals surface area contributed by atoms with Crippen LogP contribution in [-0.2, 0) is 0 Å². The Morgan fingerprint density at radius 3 is 2.80 bits per heavy atom. The number of aromatic nitrogens is 2. The second-order valence-electron chi connectivity index (χ2n) is 1.59. The van der Waals surface area contributed by atoms with Crippen molar-refractivity contribution in [3.05, 3.63) is 12.0 Å². The third kappa shape index (κ3) is 1.31. The summed E-state index contributed by atoms with van der Waals surface area (Å²) in [6, 6.07) is 1.05. The lowest BCUT2D eigenvalue weighted by Crippen LogP contribution is -1.99. The van der Waals surface area contributed by atoms with Gasteiger partial charge in [-0.25, -0.2) is 0 Å². The van der Waals surface area contributed by atoms with Gasteiger partial charge in [-0.2, -0.15) is 14.4 Å². The molecular formula is C5H6FN3O. The van der Waals surface area contributed by atoms with Crippen LogP contribution in [0.2, 0.25) is 0 Å². The van der Waals surface area contributed by atoms with E-state index in [-0.39, 0.29) is 11.8 Å². The van der Waals surface area contributed by atoms with Gasteiger partial charge in [0.05, 0.1) is 13.2 Å². The molecule has 0 saturated carbocycles. The van der Waals surface area contributed by atoms with Gasteiger partial charge in [0.1, 0.15) is 0 Å². The molecule has 54 valence electrons. The molecule has 0 bridgehead atoms. The predicted molar refractivity (Wildman–Crippen MR) is 33.0 cm³/mol. The normalized spacial score (nSPS) is 9.40. The first-order valence-electron chi connectivity index (χ1n) is 2.56. The van der Waals surface area contributed by atoms with Crippen molar-refractivity contribution in [3.63, 3.8) is 0 Å². The molecule has 0 saturated heterocycles. The molecule has 0 atom stereocenters. The fourth-order valence-corrected chi connectivity index (χ4v) is 0.518. The molecule has 1 aromatic rings. The molecule has 0 aromatic carbocycles. The van der Waals surface area contributed by atoms with E-state index in [0.717, 1.165) is 6.07 Å². The number of nitrogen functional groups attached to an aromatic ring is 1. The zero-order chi connectivity index (χ0) is 7.56. The molecule has 0 spiro atoms. The molecular weight excluding hydrogens is 137 g/mol. The first kappa shape index (κ1) is 6.73. The van der Waals surface area contributed by atoms with Crippen LogP contribution in [0.25, 0.3) is 0 Å². The molecule has 0 aliphatic carbocycles. The maximum absolute atomic E-state index is 12.3. The number of anilines is 1. The van der Waals surface area contributed by atoms with Crippen LogP contribution in [-0.4, -0.2) is 17.1 Å². The van der Waals surface area contributed by atoms with E-state index in [1.165, 1.54) is 7.11 Å². The number of methoxy groups -OCH3 is 1. The maximum Gasteiger partial charge on any atom is 0.226 e. The van der Waals surface area contributed by atoms with E-state index in [1.54, 1.807) is 0 Å². The molecule has 0 aliphatic heterocycles.